The second-order valence-electron chi connectivity index (χ2n) is 5.84. The Morgan fingerprint density at radius 3 is 2.31 bits per heavy atom. The first-order valence-electron chi connectivity index (χ1n) is 6.05. The lowest BCUT2D eigenvalue weighted by Crippen LogP contribution is -2.43. The molecule has 2 fully saturated rings. The SMILES string of the molecule is CC(C)(C)N1CCC(N2CCCS2(=O)=O)C1. The molecule has 0 aromatic carbocycles. The van der Waals surface area contributed by atoms with E-state index in [2.05, 4.69) is 25.7 Å². The van der Waals surface area contributed by atoms with E-state index in [-0.39, 0.29) is 11.6 Å². The van der Waals surface area contributed by atoms with Crippen LogP contribution in [0.2, 0.25) is 0 Å². The standard InChI is InChI=1S/C11H22N2O2S/c1-11(2,3)12-7-5-10(9-12)13-6-4-8-16(13,14)15/h10H,4-9H2,1-3H3. The molecule has 1 atom stereocenters. The van der Waals surface area contributed by atoms with Gasteiger partial charge < -0.3 is 0 Å². The van der Waals surface area contributed by atoms with E-state index in [1.807, 2.05) is 0 Å². The van der Waals surface area contributed by atoms with Crippen molar-refractivity contribution in [1.82, 2.24) is 9.21 Å². The monoisotopic (exact) mass is 246 g/mol. The van der Waals surface area contributed by atoms with Crippen LogP contribution in [-0.4, -0.2) is 54.6 Å². The van der Waals surface area contributed by atoms with Crippen molar-refractivity contribution in [3.63, 3.8) is 0 Å². The Hall–Kier alpha value is -0.130. The number of sulfonamides is 1. The fourth-order valence-corrected chi connectivity index (χ4v) is 4.42. The van der Waals surface area contributed by atoms with Gasteiger partial charge in [0.15, 0.2) is 0 Å². The van der Waals surface area contributed by atoms with Crippen LogP contribution in [0.15, 0.2) is 0 Å². The number of likely N-dealkylation sites (tertiary alicyclic amines) is 1. The number of hydrogen-bond donors (Lipinski definition) is 0. The van der Waals surface area contributed by atoms with Gasteiger partial charge in [0.1, 0.15) is 0 Å². The second kappa shape index (κ2) is 3.96. The molecule has 0 amide bonds. The van der Waals surface area contributed by atoms with E-state index in [1.54, 1.807) is 4.31 Å². The lowest BCUT2D eigenvalue weighted by molar-refractivity contribution is 0.164. The minimum Gasteiger partial charge on any atom is -0.297 e. The Bertz CT molecular complexity index is 359. The molecule has 0 radical (unpaired) electrons. The molecule has 94 valence electrons. The van der Waals surface area contributed by atoms with Crippen LogP contribution in [0, 0.1) is 0 Å². The maximum absolute atomic E-state index is 11.8. The van der Waals surface area contributed by atoms with Gasteiger partial charge >= 0.3 is 0 Å². The van der Waals surface area contributed by atoms with Gasteiger partial charge in [0.2, 0.25) is 10.0 Å². The van der Waals surface area contributed by atoms with Crippen LogP contribution in [-0.2, 0) is 10.0 Å². The Balaban J connectivity index is 2.04. The number of nitrogens with zero attached hydrogens (tertiary/aromatic N) is 2. The van der Waals surface area contributed by atoms with E-state index in [0.717, 1.165) is 32.5 Å². The summed E-state index contributed by atoms with van der Waals surface area (Å²) >= 11 is 0. The Labute approximate surface area is 98.7 Å². The molecule has 2 saturated heterocycles. The van der Waals surface area contributed by atoms with Gasteiger partial charge in [-0.15, -0.1) is 0 Å². The quantitative estimate of drug-likeness (QED) is 0.690. The van der Waals surface area contributed by atoms with Gasteiger partial charge in [-0.05, 0) is 33.6 Å². The summed E-state index contributed by atoms with van der Waals surface area (Å²) in [6.07, 6.45) is 1.78. The molecule has 5 heteroatoms. The minimum atomic E-state index is -2.93. The van der Waals surface area contributed by atoms with E-state index in [9.17, 15) is 8.42 Å². The van der Waals surface area contributed by atoms with Crippen molar-refractivity contribution < 1.29 is 8.42 Å². The molecule has 4 nitrogen and oxygen atoms in total. The van der Waals surface area contributed by atoms with E-state index in [0.29, 0.717) is 5.75 Å². The summed E-state index contributed by atoms with van der Waals surface area (Å²) < 4.78 is 25.4. The lowest BCUT2D eigenvalue weighted by Gasteiger charge is -2.32. The molecule has 2 heterocycles. The zero-order valence-electron chi connectivity index (χ0n) is 10.4. The van der Waals surface area contributed by atoms with Crippen LogP contribution in [0.1, 0.15) is 33.6 Å². The van der Waals surface area contributed by atoms with E-state index in [1.165, 1.54) is 0 Å². The second-order valence-corrected chi connectivity index (χ2v) is 7.88. The third-order valence-electron chi connectivity index (χ3n) is 3.66. The molecule has 16 heavy (non-hydrogen) atoms. The summed E-state index contributed by atoms with van der Waals surface area (Å²) in [7, 11) is -2.93. The minimum absolute atomic E-state index is 0.151. The summed E-state index contributed by atoms with van der Waals surface area (Å²) in [4.78, 5) is 2.38. The van der Waals surface area contributed by atoms with Gasteiger partial charge in [0.05, 0.1) is 5.75 Å². The summed E-state index contributed by atoms with van der Waals surface area (Å²) in [6.45, 7) is 9.20. The van der Waals surface area contributed by atoms with Crippen molar-refractivity contribution in [2.45, 2.75) is 45.2 Å². The highest BCUT2D eigenvalue weighted by Crippen LogP contribution is 2.27. The Morgan fingerprint density at radius 1 is 1.19 bits per heavy atom. The van der Waals surface area contributed by atoms with Crippen LogP contribution < -0.4 is 0 Å². The van der Waals surface area contributed by atoms with Crippen molar-refractivity contribution in [1.29, 1.82) is 0 Å². The van der Waals surface area contributed by atoms with Crippen LogP contribution in [0.5, 0.6) is 0 Å². The zero-order chi connectivity index (χ0) is 12.0. The first-order valence-corrected chi connectivity index (χ1v) is 7.66. The summed E-state index contributed by atoms with van der Waals surface area (Å²) in [5.41, 5.74) is 0.151. The Kier molecular flexibility index (Phi) is 3.05. The van der Waals surface area contributed by atoms with Crippen LogP contribution in [0.25, 0.3) is 0 Å². The molecule has 0 aromatic rings. The topological polar surface area (TPSA) is 40.6 Å². The zero-order valence-corrected chi connectivity index (χ0v) is 11.3. The average molecular weight is 246 g/mol. The molecule has 0 aliphatic carbocycles. The predicted molar refractivity (Wildman–Crippen MR) is 64.8 cm³/mol. The maximum Gasteiger partial charge on any atom is 0.214 e. The molecule has 0 N–H and O–H groups in total. The fourth-order valence-electron chi connectivity index (χ4n) is 2.65. The predicted octanol–water partition coefficient (Wildman–Crippen LogP) is 0.895. The molecule has 2 aliphatic heterocycles. The Morgan fingerprint density at radius 2 is 1.88 bits per heavy atom. The van der Waals surface area contributed by atoms with Crippen molar-refractivity contribution in [2.75, 3.05) is 25.4 Å². The van der Waals surface area contributed by atoms with Gasteiger partial charge in [-0.1, -0.05) is 0 Å². The largest absolute Gasteiger partial charge is 0.297 e. The average Bonchev–Trinajstić information content (AvgIpc) is 2.68. The van der Waals surface area contributed by atoms with Crippen molar-refractivity contribution in [3.05, 3.63) is 0 Å². The first kappa shape index (κ1) is 12.3. The highest BCUT2D eigenvalue weighted by molar-refractivity contribution is 7.89. The van der Waals surface area contributed by atoms with E-state index < -0.39 is 10.0 Å². The molecule has 2 aliphatic rings. The van der Waals surface area contributed by atoms with Crippen molar-refractivity contribution >= 4 is 10.0 Å². The van der Waals surface area contributed by atoms with Crippen LogP contribution in [0.4, 0.5) is 0 Å². The third kappa shape index (κ3) is 2.26. The molecule has 0 aromatic heterocycles. The summed E-state index contributed by atoms with van der Waals surface area (Å²) in [5.74, 6) is 0.346. The normalized spacial score (nSPS) is 32.3. The summed E-state index contributed by atoms with van der Waals surface area (Å²) in [5, 5.41) is 0. The van der Waals surface area contributed by atoms with E-state index >= 15 is 0 Å². The van der Waals surface area contributed by atoms with Crippen molar-refractivity contribution in [2.24, 2.45) is 0 Å². The summed E-state index contributed by atoms with van der Waals surface area (Å²) in [6, 6.07) is 0.215. The molecule has 2 rings (SSSR count). The molecule has 0 bridgehead atoms. The van der Waals surface area contributed by atoms with Crippen molar-refractivity contribution in [3.8, 4) is 0 Å². The first-order chi connectivity index (χ1) is 7.31. The third-order valence-corrected chi connectivity index (χ3v) is 5.66. The molecule has 1 unspecified atom stereocenters. The van der Waals surface area contributed by atoms with Gasteiger partial charge in [-0.25, -0.2) is 8.42 Å². The molecule has 0 spiro atoms. The van der Waals surface area contributed by atoms with Gasteiger partial charge in [0.25, 0.3) is 0 Å². The number of hydrogen-bond acceptors (Lipinski definition) is 3. The highest BCUT2D eigenvalue weighted by atomic mass is 32.2. The van der Waals surface area contributed by atoms with Crippen LogP contribution >= 0.6 is 0 Å². The smallest absolute Gasteiger partial charge is 0.214 e. The fraction of sp³-hybridized carbons (Fsp3) is 1.00. The van der Waals surface area contributed by atoms with Gasteiger partial charge in [0, 0.05) is 31.2 Å². The molecule has 0 saturated carbocycles. The highest BCUT2D eigenvalue weighted by Gasteiger charge is 2.40. The maximum atomic E-state index is 11.8. The van der Waals surface area contributed by atoms with Gasteiger partial charge in [-0.3, -0.25) is 4.90 Å². The van der Waals surface area contributed by atoms with E-state index in [4.69, 9.17) is 0 Å². The lowest BCUT2D eigenvalue weighted by atomic mass is 10.1. The number of rotatable bonds is 1. The van der Waals surface area contributed by atoms with Crippen LogP contribution in [0.3, 0.4) is 0 Å². The molecular weight excluding hydrogens is 224 g/mol. The van der Waals surface area contributed by atoms with Gasteiger partial charge in [-0.2, -0.15) is 4.31 Å². The molecular formula is C11H22N2O2S.